The molecule has 6 nitrogen and oxygen atoms in total. The molecule has 1 atom stereocenters. The number of benzene rings is 1. The molecule has 2 heterocycles. The molecule has 138 valence electrons. The van der Waals surface area contributed by atoms with Crippen molar-refractivity contribution >= 4 is 27.3 Å². The minimum absolute atomic E-state index is 0.119. The summed E-state index contributed by atoms with van der Waals surface area (Å²) in [4.78, 5) is 18.4. The summed E-state index contributed by atoms with van der Waals surface area (Å²) in [5.74, 6) is 0.212. The number of sulfonamides is 1. The van der Waals surface area contributed by atoms with E-state index in [1.54, 1.807) is 29.2 Å². The van der Waals surface area contributed by atoms with Gasteiger partial charge in [-0.05, 0) is 37.8 Å². The first-order valence-corrected chi connectivity index (χ1v) is 11.1. The Morgan fingerprint density at radius 2 is 1.96 bits per heavy atom. The fourth-order valence-corrected chi connectivity index (χ4v) is 5.75. The van der Waals surface area contributed by atoms with Gasteiger partial charge in [0.25, 0.3) is 5.91 Å². The van der Waals surface area contributed by atoms with E-state index in [-0.39, 0.29) is 25.0 Å². The van der Waals surface area contributed by atoms with Crippen molar-refractivity contribution in [3.63, 3.8) is 0 Å². The van der Waals surface area contributed by atoms with E-state index < -0.39 is 15.3 Å². The van der Waals surface area contributed by atoms with Crippen LogP contribution < -0.4 is 4.72 Å². The fourth-order valence-electron chi connectivity index (χ4n) is 3.13. The third-order valence-electron chi connectivity index (χ3n) is 4.88. The predicted octanol–water partition coefficient (Wildman–Crippen LogP) is 2.35. The minimum atomic E-state index is -3.49. The highest BCUT2D eigenvalue weighted by atomic mass is 32.2. The summed E-state index contributed by atoms with van der Waals surface area (Å²) in [5.41, 5.74) is 1.50. The summed E-state index contributed by atoms with van der Waals surface area (Å²) in [6.07, 6.45) is 2.05. The molecule has 0 radical (unpaired) electrons. The first-order valence-electron chi connectivity index (χ1n) is 8.71. The number of hydrogen-bond acceptors (Lipinski definition) is 5. The van der Waals surface area contributed by atoms with E-state index >= 15 is 0 Å². The molecule has 1 N–H and O–H groups in total. The molecule has 0 bridgehead atoms. The lowest BCUT2D eigenvalue weighted by atomic mass is 10.1. The lowest BCUT2D eigenvalue weighted by molar-refractivity contribution is 0.0658. The van der Waals surface area contributed by atoms with E-state index in [0.717, 1.165) is 23.5 Å². The Kier molecular flexibility index (Phi) is 4.58. The highest BCUT2D eigenvalue weighted by Crippen LogP contribution is 2.42. The molecule has 1 saturated carbocycles. The SMILES string of the molecule is Cc1csc([C@@H](NS(=O)(=O)C2CN(C(=O)c3ccccc3)C2)C2CC2)n1. The van der Waals surface area contributed by atoms with Crippen molar-refractivity contribution < 1.29 is 13.2 Å². The molecule has 26 heavy (non-hydrogen) atoms. The second kappa shape index (κ2) is 6.75. The Morgan fingerprint density at radius 3 is 2.54 bits per heavy atom. The predicted molar refractivity (Wildman–Crippen MR) is 101 cm³/mol. The maximum atomic E-state index is 12.8. The molecule has 1 amide bonds. The lowest BCUT2D eigenvalue weighted by Gasteiger charge is -2.39. The highest BCUT2D eigenvalue weighted by Gasteiger charge is 2.44. The summed E-state index contributed by atoms with van der Waals surface area (Å²) in [7, 11) is -3.49. The number of hydrogen-bond donors (Lipinski definition) is 1. The summed E-state index contributed by atoms with van der Waals surface area (Å²) in [5, 5.41) is 2.23. The van der Waals surface area contributed by atoms with Crippen LogP contribution in [0.5, 0.6) is 0 Å². The van der Waals surface area contributed by atoms with E-state index in [0.29, 0.717) is 11.5 Å². The lowest BCUT2D eigenvalue weighted by Crippen LogP contribution is -2.59. The summed E-state index contributed by atoms with van der Waals surface area (Å²) in [6.45, 7) is 2.38. The molecule has 8 heteroatoms. The van der Waals surface area contributed by atoms with Gasteiger partial charge in [-0.25, -0.2) is 18.1 Å². The quantitative estimate of drug-likeness (QED) is 0.820. The molecule has 1 aliphatic heterocycles. The van der Waals surface area contributed by atoms with Crippen molar-refractivity contribution in [1.82, 2.24) is 14.6 Å². The topological polar surface area (TPSA) is 79.4 Å². The number of aryl methyl sites for hydroxylation is 1. The monoisotopic (exact) mass is 391 g/mol. The molecule has 1 saturated heterocycles. The van der Waals surface area contributed by atoms with Crippen LogP contribution in [0.2, 0.25) is 0 Å². The van der Waals surface area contributed by atoms with Crippen LogP contribution in [-0.4, -0.2) is 42.5 Å². The van der Waals surface area contributed by atoms with E-state index in [2.05, 4.69) is 9.71 Å². The average molecular weight is 392 g/mol. The first kappa shape index (κ1) is 17.6. The van der Waals surface area contributed by atoms with Gasteiger partial charge in [-0.1, -0.05) is 18.2 Å². The van der Waals surface area contributed by atoms with Crippen LogP contribution in [0.3, 0.4) is 0 Å². The Labute approximate surface area is 157 Å². The Bertz CT molecular complexity index is 901. The molecular weight excluding hydrogens is 370 g/mol. The van der Waals surface area contributed by atoms with Crippen molar-refractivity contribution in [3.05, 3.63) is 52.0 Å². The van der Waals surface area contributed by atoms with E-state index in [4.69, 9.17) is 0 Å². The van der Waals surface area contributed by atoms with Gasteiger partial charge < -0.3 is 4.90 Å². The molecule has 2 aromatic rings. The molecule has 1 aliphatic carbocycles. The average Bonchev–Trinajstić information content (AvgIpc) is 3.33. The van der Waals surface area contributed by atoms with Gasteiger partial charge in [0, 0.05) is 29.7 Å². The fraction of sp³-hybridized carbons (Fsp3) is 0.444. The van der Waals surface area contributed by atoms with E-state index in [9.17, 15) is 13.2 Å². The number of thiazole rings is 1. The number of rotatable bonds is 6. The molecular formula is C18H21N3O3S2. The van der Waals surface area contributed by atoms with Crippen molar-refractivity contribution in [3.8, 4) is 0 Å². The Balaban J connectivity index is 1.41. The van der Waals surface area contributed by atoms with Gasteiger partial charge in [0.1, 0.15) is 10.3 Å². The van der Waals surface area contributed by atoms with Gasteiger partial charge in [-0.2, -0.15) is 0 Å². The molecule has 1 aromatic heterocycles. The maximum Gasteiger partial charge on any atom is 0.253 e. The number of likely N-dealkylation sites (tertiary alicyclic amines) is 1. The van der Waals surface area contributed by atoms with Crippen molar-refractivity contribution in [2.45, 2.75) is 31.1 Å². The molecule has 0 unspecified atom stereocenters. The van der Waals surface area contributed by atoms with Gasteiger partial charge in [0.05, 0.1) is 6.04 Å². The number of amides is 1. The van der Waals surface area contributed by atoms with Gasteiger partial charge in [-0.3, -0.25) is 4.79 Å². The third kappa shape index (κ3) is 3.54. The second-order valence-electron chi connectivity index (χ2n) is 7.00. The van der Waals surface area contributed by atoms with Crippen LogP contribution in [-0.2, 0) is 10.0 Å². The number of carbonyl (C=O) groups excluding carboxylic acids is 1. The summed E-state index contributed by atoms with van der Waals surface area (Å²) < 4.78 is 28.4. The van der Waals surface area contributed by atoms with E-state index in [1.165, 1.54) is 11.3 Å². The zero-order valence-corrected chi connectivity index (χ0v) is 16.1. The minimum Gasteiger partial charge on any atom is -0.336 e. The van der Waals surface area contributed by atoms with E-state index in [1.807, 2.05) is 18.4 Å². The van der Waals surface area contributed by atoms with Gasteiger partial charge >= 0.3 is 0 Å². The molecule has 2 fully saturated rings. The number of nitrogens with one attached hydrogen (secondary N) is 1. The number of carbonyl (C=O) groups is 1. The Hall–Kier alpha value is -1.77. The number of aromatic nitrogens is 1. The van der Waals surface area contributed by atoms with Gasteiger partial charge in [0.15, 0.2) is 0 Å². The molecule has 0 spiro atoms. The van der Waals surface area contributed by atoms with Gasteiger partial charge in [-0.15, -0.1) is 11.3 Å². The van der Waals surface area contributed by atoms with Crippen LogP contribution in [0.4, 0.5) is 0 Å². The highest BCUT2D eigenvalue weighted by molar-refractivity contribution is 7.90. The largest absolute Gasteiger partial charge is 0.336 e. The van der Waals surface area contributed by atoms with Crippen LogP contribution in [0.25, 0.3) is 0 Å². The zero-order chi connectivity index (χ0) is 18.3. The van der Waals surface area contributed by atoms with Crippen LogP contribution in [0.15, 0.2) is 35.7 Å². The normalized spacial score (nSPS) is 19.2. The van der Waals surface area contributed by atoms with Crippen molar-refractivity contribution in [2.24, 2.45) is 5.92 Å². The third-order valence-corrected chi connectivity index (χ3v) is 7.69. The van der Waals surface area contributed by atoms with Crippen LogP contribution in [0.1, 0.15) is 39.9 Å². The first-order chi connectivity index (χ1) is 12.4. The standard InChI is InChI=1S/C18H21N3O3S2/c1-12-11-25-17(19-12)16(13-7-8-13)20-26(23,24)15-9-21(10-15)18(22)14-5-3-2-4-6-14/h2-6,11,13,15-16,20H,7-10H2,1H3/t16-/m0/s1. The Morgan fingerprint density at radius 1 is 1.27 bits per heavy atom. The molecule has 2 aliphatic rings. The van der Waals surface area contributed by atoms with Crippen molar-refractivity contribution in [1.29, 1.82) is 0 Å². The second-order valence-corrected chi connectivity index (χ2v) is 9.89. The smallest absolute Gasteiger partial charge is 0.253 e. The zero-order valence-electron chi connectivity index (χ0n) is 14.5. The number of nitrogens with zero attached hydrogens (tertiary/aromatic N) is 2. The molecule has 4 rings (SSSR count). The van der Waals surface area contributed by atoms with Crippen LogP contribution >= 0.6 is 11.3 Å². The molecule has 1 aromatic carbocycles. The van der Waals surface area contributed by atoms with Crippen LogP contribution in [0, 0.1) is 12.8 Å². The summed E-state index contributed by atoms with van der Waals surface area (Å²) in [6, 6.07) is 8.71. The van der Waals surface area contributed by atoms with Crippen molar-refractivity contribution in [2.75, 3.05) is 13.1 Å². The van der Waals surface area contributed by atoms with Gasteiger partial charge in [0.2, 0.25) is 10.0 Å². The maximum absolute atomic E-state index is 12.8. The summed E-state index contributed by atoms with van der Waals surface area (Å²) >= 11 is 1.50.